The maximum absolute atomic E-state index is 12.0. The number of carbonyl (C=O) groups excluding carboxylic acids is 1. The van der Waals surface area contributed by atoms with Gasteiger partial charge < -0.3 is 4.74 Å². The number of hydrogen-bond acceptors (Lipinski definition) is 4. The number of benzene rings is 1. The molecule has 0 aliphatic carbocycles. The van der Waals surface area contributed by atoms with E-state index in [1.54, 1.807) is 36.9 Å². The van der Waals surface area contributed by atoms with Gasteiger partial charge in [0.25, 0.3) is 0 Å². The Kier molecular flexibility index (Phi) is 4.47. The Balaban J connectivity index is 2.36. The van der Waals surface area contributed by atoms with Crippen LogP contribution in [0, 0.1) is 4.91 Å². The monoisotopic (exact) mass is 288 g/mol. The van der Waals surface area contributed by atoms with Crippen LogP contribution in [0.3, 0.4) is 0 Å². The van der Waals surface area contributed by atoms with E-state index in [2.05, 4.69) is 4.98 Å². The Bertz CT molecular complexity index is 646. The number of hydrogen-bond donors (Lipinski definition) is 0. The van der Waals surface area contributed by atoms with Gasteiger partial charge in [0.15, 0.2) is 5.78 Å². The van der Waals surface area contributed by atoms with E-state index < -0.39 is 6.04 Å². The van der Waals surface area contributed by atoms with Gasteiger partial charge in [-0.15, -0.1) is 0 Å². The lowest BCUT2D eigenvalue weighted by molar-refractivity contribution is -0.462. The predicted molar refractivity (Wildman–Crippen MR) is 77.9 cm³/mol. The van der Waals surface area contributed by atoms with Crippen molar-refractivity contribution in [2.75, 3.05) is 13.7 Å². The van der Waals surface area contributed by atoms with E-state index in [4.69, 9.17) is 4.74 Å². The molecular weight excluding hydrogens is 270 g/mol. The maximum atomic E-state index is 12.0. The summed E-state index contributed by atoms with van der Waals surface area (Å²) >= 11 is 0. The lowest BCUT2D eigenvalue weighted by Gasteiger charge is -2.14. The summed E-state index contributed by atoms with van der Waals surface area (Å²) in [6.45, 7) is 3.57. The fourth-order valence-electron chi connectivity index (χ4n) is 2.16. The zero-order valence-electron chi connectivity index (χ0n) is 12.3. The number of ketones is 1. The van der Waals surface area contributed by atoms with Crippen molar-refractivity contribution in [3.8, 4) is 5.75 Å². The van der Waals surface area contributed by atoms with Crippen LogP contribution >= 0.6 is 0 Å². The molecule has 2 aromatic rings. The Labute approximate surface area is 122 Å². The summed E-state index contributed by atoms with van der Waals surface area (Å²) in [5, 5.41) is 0. The molecular formula is C15H18N3O3+. The SMILES string of the molecule is CC[N+](=O)c1cn(C(C(C)=O)c2ccc(OC)cc2)cn1. The zero-order valence-corrected chi connectivity index (χ0v) is 12.3. The van der Waals surface area contributed by atoms with E-state index in [0.717, 1.165) is 16.1 Å². The summed E-state index contributed by atoms with van der Waals surface area (Å²) in [5.41, 5.74) is 0.821. The Morgan fingerprint density at radius 3 is 2.57 bits per heavy atom. The van der Waals surface area contributed by atoms with Crippen molar-refractivity contribution in [3.63, 3.8) is 0 Å². The zero-order chi connectivity index (χ0) is 15.4. The number of nitroso groups, excluding NO2 is 1. The average Bonchev–Trinajstić information content (AvgIpc) is 2.96. The second kappa shape index (κ2) is 6.30. The molecule has 0 aliphatic heterocycles. The predicted octanol–water partition coefficient (Wildman–Crippen LogP) is 2.50. The molecule has 110 valence electrons. The van der Waals surface area contributed by atoms with Crippen LogP contribution < -0.4 is 4.74 Å². The van der Waals surface area contributed by atoms with Crippen molar-refractivity contribution in [2.24, 2.45) is 0 Å². The second-order valence-corrected chi connectivity index (χ2v) is 4.66. The highest BCUT2D eigenvalue weighted by molar-refractivity contribution is 5.83. The third-order valence-corrected chi connectivity index (χ3v) is 3.25. The number of Topliss-reactive ketones (excluding diaryl/α,β-unsaturated/α-hetero) is 1. The summed E-state index contributed by atoms with van der Waals surface area (Å²) in [5.74, 6) is 0.999. The van der Waals surface area contributed by atoms with Crippen molar-refractivity contribution >= 4 is 11.6 Å². The largest absolute Gasteiger partial charge is 0.497 e. The molecule has 1 unspecified atom stereocenters. The summed E-state index contributed by atoms with van der Waals surface area (Å²) in [6.07, 6.45) is 3.10. The first-order valence-corrected chi connectivity index (χ1v) is 6.69. The van der Waals surface area contributed by atoms with Crippen molar-refractivity contribution in [2.45, 2.75) is 19.9 Å². The number of rotatable bonds is 6. The molecule has 0 bridgehead atoms. The number of carbonyl (C=O) groups is 1. The normalized spacial score (nSPS) is 12.0. The van der Waals surface area contributed by atoms with Crippen LogP contribution in [0.4, 0.5) is 5.82 Å². The molecule has 0 aliphatic rings. The van der Waals surface area contributed by atoms with E-state index in [9.17, 15) is 9.70 Å². The molecule has 0 spiro atoms. The number of ether oxygens (including phenoxy) is 1. The quantitative estimate of drug-likeness (QED) is 0.766. The van der Waals surface area contributed by atoms with Gasteiger partial charge in [0, 0.05) is 0 Å². The standard InChI is InChI=1S/C15H18N3O3/c1-4-18(20)14-9-17(10-16-14)15(11(2)19)12-5-7-13(21-3)8-6-12/h5-10,15H,4H2,1-3H3/q+1. The van der Waals surface area contributed by atoms with Gasteiger partial charge in [-0.1, -0.05) is 17.0 Å². The molecule has 6 heteroatoms. The minimum Gasteiger partial charge on any atom is -0.497 e. The van der Waals surface area contributed by atoms with Crippen LogP contribution in [-0.4, -0.2) is 33.7 Å². The fourth-order valence-corrected chi connectivity index (χ4v) is 2.16. The number of aromatic nitrogens is 2. The van der Waals surface area contributed by atoms with Gasteiger partial charge in [0.05, 0.1) is 7.11 Å². The van der Waals surface area contributed by atoms with Crippen LogP contribution in [0.2, 0.25) is 0 Å². The molecule has 1 aromatic heterocycles. The summed E-state index contributed by atoms with van der Waals surface area (Å²) in [7, 11) is 1.59. The summed E-state index contributed by atoms with van der Waals surface area (Å²) in [6, 6.07) is 6.77. The van der Waals surface area contributed by atoms with E-state index in [0.29, 0.717) is 12.4 Å². The molecule has 1 aromatic carbocycles. The van der Waals surface area contributed by atoms with Gasteiger partial charge in [-0.3, -0.25) is 9.36 Å². The molecule has 6 nitrogen and oxygen atoms in total. The summed E-state index contributed by atoms with van der Waals surface area (Å²) < 4.78 is 7.55. The fraction of sp³-hybridized carbons (Fsp3) is 0.333. The Morgan fingerprint density at radius 1 is 1.38 bits per heavy atom. The molecule has 21 heavy (non-hydrogen) atoms. The molecule has 0 fully saturated rings. The van der Waals surface area contributed by atoms with E-state index >= 15 is 0 Å². The Morgan fingerprint density at radius 2 is 2.05 bits per heavy atom. The van der Waals surface area contributed by atoms with Gasteiger partial charge >= 0.3 is 5.82 Å². The van der Waals surface area contributed by atoms with Crippen LogP contribution in [0.1, 0.15) is 25.5 Å². The smallest absolute Gasteiger partial charge is 0.378 e. The van der Waals surface area contributed by atoms with Gasteiger partial charge in [-0.05, 0) is 41.3 Å². The minimum absolute atomic E-state index is 0.0296. The molecule has 1 atom stereocenters. The molecule has 0 N–H and O–H groups in total. The lowest BCUT2D eigenvalue weighted by atomic mass is 10.0. The number of imidazole rings is 1. The van der Waals surface area contributed by atoms with Crippen molar-refractivity contribution < 1.29 is 14.3 Å². The highest BCUT2D eigenvalue weighted by Gasteiger charge is 2.23. The van der Waals surface area contributed by atoms with Gasteiger partial charge in [0.1, 0.15) is 24.5 Å². The van der Waals surface area contributed by atoms with Crippen LogP contribution in [0.25, 0.3) is 0 Å². The van der Waals surface area contributed by atoms with Gasteiger partial charge in [-0.2, -0.15) is 0 Å². The maximum Gasteiger partial charge on any atom is 0.378 e. The molecule has 0 saturated carbocycles. The molecule has 1 heterocycles. The number of nitrogens with zero attached hydrogens (tertiary/aromatic N) is 3. The Hall–Kier alpha value is -2.50. The van der Waals surface area contributed by atoms with E-state index in [-0.39, 0.29) is 5.78 Å². The third-order valence-electron chi connectivity index (χ3n) is 3.25. The first kappa shape index (κ1) is 14.9. The molecule has 0 radical (unpaired) electrons. The van der Waals surface area contributed by atoms with E-state index in [1.165, 1.54) is 13.3 Å². The molecule has 0 saturated heterocycles. The minimum atomic E-state index is -0.498. The third kappa shape index (κ3) is 3.16. The van der Waals surface area contributed by atoms with Crippen LogP contribution in [0.5, 0.6) is 5.75 Å². The van der Waals surface area contributed by atoms with Crippen LogP contribution in [0.15, 0.2) is 36.8 Å². The van der Waals surface area contributed by atoms with Crippen molar-refractivity contribution in [3.05, 3.63) is 47.3 Å². The molecule has 0 amide bonds. The van der Waals surface area contributed by atoms with E-state index in [1.807, 2.05) is 12.1 Å². The lowest BCUT2D eigenvalue weighted by Crippen LogP contribution is -2.17. The highest BCUT2D eigenvalue weighted by Crippen LogP contribution is 2.23. The topological polar surface area (TPSA) is 64.2 Å². The highest BCUT2D eigenvalue weighted by atomic mass is 16.5. The average molecular weight is 288 g/mol. The second-order valence-electron chi connectivity index (χ2n) is 4.66. The van der Waals surface area contributed by atoms with Gasteiger partial charge in [0.2, 0.25) is 6.33 Å². The number of methoxy groups -OCH3 is 1. The van der Waals surface area contributed by atoms with Crippen LogP contribution in [-0.2, 0) is 4.79 Å². The summed E-state index contributed by atoms with van der Waals surface area (Å²) in [4.78, 5) is 27.6. The van der Waals surface area contributed by atoms with Crippen molar-refractivity contribution in [1.29, 1.82) is 0 Å². The first-order chi connectivity index (χ1) is 10.1. The first-order valence-electron chi connectivity index (χ1n) is 6.69. The van der Waals surface area contributed by atoms with Crippen molar-refractivity contribution in [1.82, 2.24) is 9.55 Å². The molecule has 2 rings (SSSR count). The van der Waals surface area contributed by atoms with Gasteiger partial charge in [-0.25, -0.2) is 0 Å².